The summed E-state index contributed by atoms with van der Waals surface area (Å²) in [7, 11) is 0. The van der Waals surface area contributed by atoms with E-state index in [1.165, 1.54) is 12.1 Å². The molecule has 1 fully saturated rings. The van der Waals surface area contributed by atoms with E-state index in [2.05, 4.69) is 9.97 Å². The summed E-state index contributed by atoms with van der Waals surface area (Å²) in [6, 6.07) is 7.92. The number of aromatic nitrogens is 2. The fourth-order valence-corrected chi connectivity index (χ4v) is 2.66. The van der Waals surface area contributed by atoms with Crippen molar-refractivity contribution in [2.45, 2.75) is 19.3 Å². The highest BCUT2D eigenvalue weighted by Gasteiger charge is 2.29. The quantitative estimate of drug-likeness (QED) is 0.869. The number of para-hydroxylation sites is 1. The van der Waals surface area contributed by atoms with Crippen molar-refractivity contribution in [1.29, 1.82) is 0 Å². The van der Waals surface area contributed by atoms with Crippen molar-refractivity contribution in [2.75, 3.05) is 19.7 Å². The first kappa shape index (κ1) is 15.4. The summed E-state index contributed by atoms with van der Waals surface area (Å²) < 4.78 is 18.7. The summed E-state index contributed by atoms with van der Waals surface area (Å²) in [5.74, 6) is 0.400. The third kappa shape index (κ3) is 3.64. The first-order valence-electron chi connectivity index (χ1n) is 7.58. The maximum atomic E-state index is 13.5. The minimum Gasteiger partial charge on any atom is -0.481 e. The Balaban J connectivity index is 1.56. The van der Waals surface area contributed by atoms with Crippen LogP contribution in [-0.2, 0) is 4.79 Å². The third-order valence-electron chi connectivity index (χ3n) is 3.91. The van der Waals surface area contributed by atoms with Crippen LogP contribution < -0.4 is 4.74 Å². The molecular weight excluding hydrogens is 297 g/mol. The molecule has 23 heavy (non-hydrogen) atoms. The second-order valence-electron chi connectivity index (χ2n) is 5.60. The van der Waals surface area contributed by atoms with Gasteiger partial charge in [0.2, 0.25) is 0 Å². The van der Waals surface area contributed by atoms with Gasteiger partial charge in [-0.15, -0.1) is 0 Å². The number of amides is 1. The number of carbonyl (C=O) groups is 1. The van der Waals surface area contributed by atoms with Gasteiger partial charge in [-0.3, -0.25) is 4.79 Å². The van der Waals surface area contributed by atoms with Crippen LogP contribution in [0.1, 0.15) is 23.9 Å². The van der Waals surface area contributed by atoms with Crippen molar-refractivity contribution in [3.8, 4) is 5.75 Å². The number of ether oxygens (including phenoxy) is 1. The normalized spacial score (nSPS) is 17.3. The van der Waals surface area contributed by atoms with E-state index in [-0.39, 0.29) is 24.2 Å². The summed E-state index contributed by atoms with van der Waals surface area (Å²) >= 11 is 0. The Morgan fingerprint density at radius 2 is 2.22 bits per heavy atom. The number of hydrogen-bond donors (Lipinski definition) is 0. The third-order valence-corrected chi connectivity index (χ3v) is 3.91. The van der Waals surface area contributed by atoms with Crippen LogP contribution in [-0.4, -0.2) is 40.5 Å². The van der Waals surface area contributed by atoms with E-state index >= 15 is 0 Å². The van der Waals surface area contributed by atoms with Crippen molar-refractivity contribution < 1.29 is 13.9 Å². The zero-order chi connectivity index (χ0) is 16.2. The second kappa shape index (κ2) is 6.73. The molecule has 1 aliphatic rings. The Morgan fingerprint density at radius 1 is 1.39 bits per heavy atom. The topological polar surface area (TPSA) is 55.3 Å². The van der Waals surface area contributed by atoms with E-state index in [4.69, 9.17) is 4.74 Å². The lowest BCUT2D eigenvalue weighted by molar-refractivity contribution is -0.132. The molecule has 0 aliphatic carbocycles. The summed E-state index contributed by atoms with van der Waals surface area (Å²) in [6.45, 7) is 2.97. The zero-order valence-corrected chi connectivity index (χ0v) is 12.9. The van der Waals surface area contributed by atoms with E-state index < -0.39 is 5.82 Å². The molecule has 0 saturated carbocycles. The van der Waals surface area contributed by atoms with Gasteiger partial charge in [0.25, 0.3) is 5.91 Å². The number of nitrogens with zero attached hydrogens (tertiary/aromatic N) is 3. The standard InChI is InChI=1S/C17H18FN3O2/c1-12-6-8-19-17(20-12)13-7-9-21(10-13)16(22)11-23-15-5-3-2-4-14(15)18/h2-6,8,13H,7,9-11H2,1H3. The van der Waals surface area contributed by atoms with Gasteiger partial charge in [0, 0.05) is 30.9 Å². The summed E-state index contributed by atoms with van der Waals surface area (Å²) in [4.78, 5) is 22.6. The number of rotatable bonds is 4. The maximum Gasteiger partial charge on any atom is 0.260 e. The fourth-order valence-electron chi connectivity index (χ4n) is 2.66. The molecule has 1 aromatic carbocycles. The highest BCUT2D eigenvalue weighted by atomic mass is 19.1. The molecular formula is C17H18FN3O2. The monoisotopic (exact) mass is 315 g/mol. The largest absolute Gasteiger partial charge is 0.481 e. The van der Waals surface area contributed by atoms with Crippen LogP contribution in [0.25, 0.3) is 0 Å². The summed E-state index contributed by atoms with van der Waals surface area (Å²) in [6.07, 6.45) is 2.57. The van der Waals surface area contributed by atoms with Crippen molar-refractivity contribution in [3.63, 3.8) is 0 Å². The highest BCUT2D eigenvalue weighted by molar-refractivity contribution is 5.78. The molecule has 0 bridgehead atoms. The van der Waals surface area contributed by atoms with Crippen LogP contribution in [0.5, 0.6) is 5.75 Å². The van der Waals surface area contributed by atoms with Gasteiger partial charge in [-0.2, -0.15) is 0 Å². The van der Waals surface area contributed by atoms with E-state index in [0.717, 1.165) is 17.9 Å². The lowest BCUT2D eigenvalue weighted by Gasteiger charge is -2.16. The molecule has 1 aliphatic heterocycles. The fraction of sp³-hybridized carbons (Fsp3) is 0.353. The molecule has 120 valence electrons. The molecule has 0 radical (unpaired) electrons. The summed E-state index contributed by atoms with van der Waals surface area (Å²) in [5.41, 5.74) is 0.919. The predicted octanol–water partition coefficient (Wildman–Crippen LogP) is 2.32. The average Bonchev–Trinajstić information content (AvgIpc) is 3.04. The first-order valence-corrected chi connectivity index (χ1v) is 7.58. The van der Waals surface area contributed by atoms with Crippen molar-refractivity contribution in [2.24, 2.45) is 0 Å². The van der Waals surface area contributed by atoms with Gasteiger partial charge in [0.1, 0.15) is 5.82 Å². The molecule has 2 aromatic rings. The Kier molecular flexibility index (Phi) is 4.50. The van der Waals surface area contributed by atoms with Gasteiger partial charge >= 0.3 is 0 Å². The van der Waals surface area contributed by atoms with Gasteiger partial charge < -0.3 is 9.64 Å². The maximum absolute atomic E-state index is 13.5. The number of hydrogen-bond acceptors (Lipinski definition) is 4. The predicted molar refractivity (Wildman–Crippen MR) is 82.6 cm³/mol. The van der Waals surface area contributed by atoms with Gasteiger partial charge in [-0.05, 0) is 31.5 Å². The average molecular weight is 315 g/mol. The first-order chi connectivity index (χ1) is 11.1. The molecule has 1 amide bonds. The number of aryl methyl sites for hydroxylation is 1. The minimum absolute atomic E-state index is 0.0959. The van der Waals surface area contributed by atoms with Gasteiger partial charge in [0.15, 0.2) is 18.2 Å². The molecule has 1 aromatic heterocycles. The van der Waals surface area contributed by atoms with E-state index in [9.17, 15) is 9.18 Å². The lowest BCUT2D eigenvalue weighted by atomic mass is 10.1. The van der Waals surface area contributed by atoms with E-state index in [1.54, 1.807) is 23.2 Å². The van der Waals surface area contributed by atoms with Gasteiger partial charge in [-0.1, -0.05) is 12.1 Å². The number of carbonyl (C=O) groups excluding carboxylic acids is 1. The Morgan fingerprint density at radius 3 is 3.00 bits per heavy atom. The van der Waals surface area contributed by atoms with Crippen LogP contribution in [0.2, 0.25) is 0 Å². The number of benzene rings is 1. The van der Waals surface area contributed by atoms with Crippen molar-refractivity contribution in [3.05, 3.63) is 53.9 Å². The molecule has 5 nitrogen and oxygen atoms in total. The van der Waals surface area contributed by atoms with Crippen LogP contribution in [0.4, 0.5) is 4.39 Å². The lowest BCUT2D eigenvalue weighted by Crippen LogP contribution is -2.33. The molecule has 1 atom stereocenters. The molecule has 1 unspecified atom stereocenters. The molecule has 0 spiro atoms. The minimum atomic E-state index is -0.465. The molecule has 6 heteroatoms. The van der Waals surface area contributed by atoms with Crippen LogP contribution in [0.3, 0.4) is 0 Å². The highest BCUT2D eigenvalue weighted by Crippen LogP contribution is 2.25. The number of likely N-dealkylation sites (tertiary alicyclic amines) is 1. The van der Waals surface area contributed by atoms with Crippen molar-refractivity contribution >= 4 is 5.91 Å². The van der Waals surface area contributed by atoms with Gasteiger partial charge in [0.05, 0.1) is 0 Å². The molecule has 0 N–H and O–H groups in total. The SMILES string of the molecule is Cc1ccnc(C2CCN(C(=O)COc3ccccc3F)C2)n1. The molecule has 1 saturated heterocycles. The summed E-state index contributed by atoms with van der Waals surface area (Å²) in [5, 5.41) is 0. The van der Waals surface area contributed by atoms with Crippen LogP contribution in [0.15, 0.2) is 36.5 Å². The second-order valence-corrected chi connectivity index (χ2v) is 5.60. The van der Waals surface area contributed by atoms with E-state index in [0.29, 0.717) is 13.1 Å². The zero-order valence-electron chi connectivity index (χ0n) is 12.9. The van der Waals surface area contributed by atoms with Crippen LogP contribution >= 0.6 is 0 Å². The Hall–Kier alpha value is -2.50. The number of halogens is 1. The molecule has 3 rings (SSSR count). The smallest absolute Gasteiger partial charge is 0.260 e. The van der Waals surface area contributed by atoms with E-state index in [1.807, 2.05) is 13.0 Å². The Labute approximate surface area is 134 Å². The van der Waals surface area contributed by atoms with Crippen LogP contribution in [0, 0.1) is 12.7 Å². The molecule has 2 heterocycles. The van der Waals surface area contributed by atoms with Gasteiger partial charge in [-0.25, -0.2) is 14.4 Å². The van der Waals surface area contributed by atoms with Crippen molar-refractivity contribution in [1.82, 2.24) is 14.9 Å². The Bertz CT molecular complexity index is 708.